The van der Waals surface area contributed by atoms with Crippen LogP contribution in [0.3, 0.4) is 0 Å². The topological polar surface area (TPSA) is 99.3 Å². The molecule has 1 aliphatic rings. The first kappa shape index (κ1) is 29.0. The van der Waals surface area contributed by atoms with Gasteiger partial charge in [-0.3, -0.25) is 0 Å². The highest BCUT2D eigenvalue weighted by Gasteiger charge is 2.18. The van der Waals surface area contributed by atoms with Crippen LogP contribution in [0.2, 0.25) is 0 Å². The maximum Gasteiger partial charge on any atom is 0.403 e. The van der Waals surface area contributed by atoms with Crippen LogP contribution in [0.15, 0.2) is 81.6 Å². The summed E-state index contributed by atoms with van der Waals surface area (Å²) in [4.78, 5) is 4.80. The molecule has 200 valence electrons. The summed E-state index contributed by atoms with van der Waals surface area (Å²) in [6.45, 7) is 3.79. The summed E-state index contributed by atoms with van der Waals surface area (Å²) in [6, 6.07) is 16.4. The molecule has 0 bridgehead atoms. The number of nitrogens with zero attached hydrogens (tertiary/aromatic N) is 12. The van der Waals surface area contributed by atoms with Crippen LogP contribution in [-0.2, 0) is 28.2 Å². The van der Waals surface area contributed by atoms with Crippen molar-refractivity contribution in [1.82, 2.24) is 19.6 Å². The molecule has 0 aliphatic carbocycles. The molecule has 1 aliphatic heterocycles. The number of rotatable bonds is 6. The SMILES string of the molecule is Cn1nc[n+](C)c1/N=N/c1ccc(N2CCN(c3ccc(/N=N/c4n(C)nc[n+]4C)cc3)CC2)cc1.[Br-].[Br-]. The summed E-state index contributed by atoms with van der Waals surface area (Å²) in [7, 11) is 7.49. The molecule has 2 aromatic carbocycles. The van der Waals surface area contributed by atoms with Crippen molar-refractivity contribution in [2.75, 3.05) is 36.0 Å². The van der Waals surface area contributed by atoms with Crippen LogP contribution < -0.4 is 52.9 Å². The van der Waals surface area contributed by atoms with Gasteiger partial charge in [0.1, 0.15) is 0 Å². The number of benzene rings is 2. The van der Waals surface area contributed by atoms with Gasteiger partial charge in [0.25, 0.3) is 0 Å². The zero-order valence-corrected chi connectivity index (χ0v) is 24.9. The molecule has 38 heavy (non-hydrogen) atoms. The Morgan fingerprint density at radius 3 is 1.21 bits per heavy atom. The van der Waals surface area contributed by atoms with Crippen molar-refractivity contribution in [3.8, 4) is 0 Å². The first-order chi connectivity index (χ1) is 17.5. The lowest BCUT2D eigenvalue weighted by Gasteiger charge is -2.37. The van der Waals surface area contributed by atoms with E-state index in [0.29, 0.717) is 11.9 Å². The summed E-state index contributed by atoms with van der Waals surface area (Å²) in [6.07, 6.45) is 3.42. The van der Waals surface area contributed by atoms with E-state index in [0.717, 1.165) is 37.6 Å². The van der Waals surface area contributed by atoms with E-state index in [-0.39, 0.29) is 34.0 Å². The van der Waals surface area contributed by atoms with Crippen molar-refractivity contribution in [1.29, 1.82) is 0 Å². The molecular formula is C24H30Br2N12. The van der Waals surface area contributed by atoms with Crippen molar-refractivity contribution in [3.05, 3.63) is 61.2 Å². The van der Waals surface area contributed by atoms with Gasteiger partial charge in [-0.2, -0.15) is 0 Å². The molecule has 0 N–H and O–H groups in total. The number of anilines is 2. The van der Waals surface area contributed by atoms with Gasteiger partial charge >= 0.3 is 11.9 Å². The quantitative estimate of drug-likeness (QED) is 0.165. The molecule has 0 unspecified atom stereocenters. The molecule has 3 heterocycles. The third-order valence-electron chi connectivity index (χ3n) is 6.23. The standard InChI is InChI=1S/C24H30N12.2BrH/c1-31-17-25-33(3)23(31)29-27-19-5-9-21(10-6-19)35-13-15-36(16-14-35)22-11-7-20(8-12-22)28-30-24-32(2)18-26-34(24)4;;/h5-12,17-18H,13-16H2,1-4H3;2*1H/q+2;;/p-2. The fourth-order valence-electron chi connectivity index (χ4n) is 4.13. The molecule has 5 rings (SSSR count). The summed E-state index contributed by atoms with van der Waals surface area (Å²) in [5, 5.41) is 25.6. The van der Waals surface area contributed by atoms with Crippen LogP contribution in [-0.4, -0.2) is 45.7 Å². The fraction of sp³-hybridized carbons (Fsp3) is 0.333. The largest absolute Gasteiger partial charge is 1.00 e. The number of aryl methyl sites for hydroxylation is 4. The van der Waals surface area contributed by atoms with Gasteiger partial charge in [-0.25, -0.2) is 9.13 Å². The Kier molecular flexibility index (Phi) is 9.80. The van der Waals surface area contributed by atoms with E-state index >= 15 is 0 Å². The van der Waals surface area contributed by atoms with Crippen molar-refractivity contribution in [2.45, 2.75) is 0 Å². The summed E-state index contributed by atoms with van der Waals surface area (Å²) >= 11 is 0. The lowest BCUT2D eigenvalue weighted by atomic mass is 10.2. The predicted octanol–water partition coefficient (Wildman–Crippen LogP) is -3.03. The van der Waals surface area contributed by atoms with E-state index in [1.54, 1.807) is 22.0 Å². The number of halogens is 2. The van der Waals surface area contributed by atoms with Gasteiger partial charge in [0.2, 0.25) is 12.7 Å². The highest BCUT2D eigenvalue weighted by atomic mass is 79.9. The second-order valence-electron chi connectivity index (χ2n) is 8.74. The molecule has 4 aromatic rings. The smallest absolute Gasteiger partial charge is 0.403 e. The molecule has 14 heteroatoms. The first-order valence-corrected chi connectivity index (χ1v) is 11.8. The van der Waals surface area contributed by atoms with Crippen molar-refractivity contribution in [2.24, 2.45) is 48.6 Å². The first-order valence-electron chi connectivity index (χ1n) is 11.8. The van der Waals surface area contributed by atoms with E-state index in [1.165, 1.54) is 11.4 Å². The van der Waals surface area contributed by atoms with E-state index in [9.17, 15) is 0 Å². The molecule has 0 saturated carbocycles. The molecule has 0 atom stereocenters. The summed E-state index contributed by atoms with van der Waals surface area (Å²) in [5.74, 6) is 1.38. The Hall–Kier alpha value is -3.52. The van der Waals surface area contributed by atoms with Crippen LogP contribution in [0.5, 0.6) is 0 Å². The zero-order chi connectivity index (χ0) is 25.1. The lowest BCUT2D eigenvalue weighted by Crippen LogP contribution is -3.00. The van der Waals surface area contributed by atoms with Gasteiger partial charge in [0.05, 0.1) is 39.6 Å². The van der Waals surface area contributed by atoms with Crippen molar-refractivity contribution < 1.29 is 43.1 Å². The van der Waals surface area contributed by atoms with E-state index in [4.69, 9.17) is 0 Å². The molecule has 1 saturated heterocycles. The number of aromatic nitrogens is 6. The van der Waals surface area contributed by atoms with Crippen molar-refractivity contribution in [3.63, 3.8) is 0 Å². The molecular weight excluding hydrogens is 616 g/mol. The van der Waals surface area contributed by atoms with E-state index in [2.05, 4.69) is 64.7 Å². The van der Waals surface area contributed by atoms with Crippen LogP contribution >= 0.6 is 0 Å². The third kappa shape index (κ3) is 6.48. The second kappa shape index (κ2) is 12.8. The van der Waals surface area contributed by atoms with E-state index < -0.39 is 0 Å². The lowest BCUT2D eigenvalue weighted by molar-refractivity contribution is -0.659. The monoisotopic (exact) mass is 644 g/mol. The molecule has 1 fully saturated rings. The minimum atomic E-state index is 0. The van der Waals surface area contributed by atoms with Gasteiger partial charge in [0, 0.05) is 47.8 Å². The van der Waals surface area contributed by atoms with Crippen LogP contribution in [0.1, 0.15) is 0 Å². The average molecular weight is 646 g/mol. The maximum atomic E-state index is 4.35. The molecule has 12 nitrogen and oxygen atoms in total. The zero-order valence-electron chi connectivity index (χ0n) is 21.7. The number of azo groups is 2. The van der Waals surface area contributed by atoms with Crippen molar-refractivity contribution >= 4 is 34.6 Å². The van der Waals surface area contributed by atoms with Gasteiger partial charge in [-0.15, -0.1) is 9.36 Å². The predicted molar refractivity (Wildman–Crippen MR) is 134 cm³/mol. The van der Waals surface area contributed by atoms with Gasteiger partial charge in [0.15, 0.2) is 0 Å². The van der Waals surface area contributed by atoms with Crippen LogP contribution in [0, 0.1) is 0 Å². The van der Waals surface area contributed by atoms with Gasteiger partial charge < -0.3 is 43.8 Å². The van der Waals surface area contributed by atoms with E-state index in [1.807, 2.05) is 61.6 Å². The Balaban J connectivity index is 0.00000200. The molecule has 2 aromatic heterocycles. The minimum Gasteiger partial charge on any atom is -1.00 e. The van der Waals surface area contributed by atoms with Crippen LogP contribution in [0.25, 0.3) is 0 Å². The van der Waals surface area contributed by atoms with Gasteiger partial charge in [-0.1, -0.05) is 10.2 Å². The average Bonchev–Trinajstić information content (AvgIpc) is 3.41. The van der Waals surface area contributed by atoms with Gasteiger partial charge in [-0.05, 0) is 58.7 Å². The second-order valence-corrected chi connectivity index (χ2v) is 8.74. The third-order valence-corrected chi connectivity index (χ3v) is 6.23. The maximum absolute atomic E-state index is 4.35. The number of hydrogen-bond donors (Lipinski definition) is 0. The normalized spacial score (nSPS) is 13.7. The Labute approximate surface area is 242 Å². The number of piperazine rings is 1. The Bertz CT molecular complexity index is 1240. The highest BCUT2D eigenvalue weighted by Crippen LogP contribution is 2.25. The Morgan fingerprint density at radius 1 is 0.579 bits per heavy atom. The summed E-state index contributed by atoms with van der Waals surface area (Å²) in [5.41, 5.74) is 4.01. The molecule has 0 amide bonds. The highest BCUT2D eigenvalue weighted by molar-refractivity contribution is 5.56. The molecule has 0 spiro atoms. The Morgan fingerprint density at radius 2 is 0.921 bits per heavy atom. The van der Waals surface area contributed by atoms with Crippen LogP contribution in [0.4, 0.5) is 34.6 Å². The number of hydrogen-bond acceptors (Lipinski definition) is 8. The summed E-state index contributed by atoms with van der Waals surface area (Å²) < 4.78 is 7.05. The molecule has 0 radical (unpaired) electrons. The minimum absolute atomic E-state index is 0. The fourth-order valence-corrected chi connectivity index (χ4v) is 4.13.